The number of carbonyl (C=O) groups is 1. The molecular formula is C21H26N4O3. The lowest BCUT2D eigenvalue weighted by Gasteiger charge is -2.36. The summed E-state index contributed by atoms with van der Waals surface area (Å²) >= 11 is 0. The highest BCUT2D eigenvalue weighted by molar-refractivity contribution is 5.78. The quantitative estimate of drug-likeness (QED) is 0.849. The van der Waals surface area contributed by atoms with Gasteiger partial charge < -0.3 is 19.6 Å². The van der Waals surface area contributed by atoms with Crippen LogP contribution in [0.15, 0.2) is 36.4 Å². The summed E-state index contributed by atoms with van der Waals surface area (Å²) in [7, 11) is 0. The average molecular weight is 382 g/mol. The van der Waals surface area contributed by atoms with E-state index >= 15 is 0 Å². The van der Waals surface area contributed by atoms with Gasteiger partial charge in [0.05, 0.1) is 6.10 Å². The summed E-state index contributed by atoms with van der Waals surface area (Å²) in [5.74, 6) is 2.71. The first-order chi connectivity index (χ1) is 13.6. The van der Waals surface area contributed by atoms with Crippen LogP contribution in [0.1, 0.15) is 30.3 Å². The molecule has 28 heavy (non-hydrogen) atoms. The lowest BCUT2D eigenvalue weighted by atomic mass is 9.80. The van der Waals surface area contributed by atoms with E-state index in [-0.39, 0.29) is 18.6 Å². The molecule has 1 aliphatic carbocycles. The Labute approximate surface area is 165 Å². The SMILES string of the molecule is Cc1nc(C2CC(O)C2)cc(N2CCN(C(=O)COc3ccccc3)CC2)n1. The number of aryl methyl sites for hydroxylation is 1. The van der Waals surface area contributed by atoms with E-state index in [1.807, 2.05) is 48.2 Å². The topological polar surface area (TPSA) is 78.8 Å². The van der Waals surface area contributed by atoms with E-state index in [9.17, 15) is 9.90 Å². The molecule has 1 N–H and O–H groups in total. The summed E-state index contributed by atoms with van der Waals surface area (Å²) in [6.45, 7) is 4.74. The van der Waals surface area contributed by atoms with E-state index in [1.165, 1.54) is 0 Å². The number of ether oxygens (including phenoxy) is 1. The zero-order valence-corrected chi connectivity index (χ0v) is 16.1. The molecule has 0 unspecified atom stereocenters. The van der Waals surface area contributed by atoms with Gasteiger partial charge >= 0.3 is 0 Å². The van der Waals surface area contributed by atoms with E-state index in [0.717, 1.165) is 43.3 Å². The van der Waals surface area contributed by atoms with Crippen molar-refractivity contribution in [1.82, 2.24) is 14.9 Å². The van der Waals surface area contributed by atoms with Crippen molar-refractivity contribution in [3.8, 4) is 5.75 Å². The zero-order chi connectivity index (χ0) is 19.5. The number of hydrogen-bond acceptors (Lipinski definition) is 6. The molecule has 1 saturated carbocycles. The summed E-state index contributed by atoms with van der Waals surface area (Å²) < 4.78 is 5.57. The van der Waals surface area contributed by atoms with Gasteiger partial charge in [-0.25, -0.2) is 9.97 Å². The molecule has 1 aromatic carbocycles. The van der Waals surface area contributed by atoms with Crippen LogP contribution < -0.4 is 9.64 Å². The minimum Gasteiger partial charge on any atom is -0.484 e. The molecule has 2 fully saturated rings. The number of amides is 1. The molecule has 0 atom stereocenters. The number of aromatic nitrogens is 2. The van der Waals surface area contributed by atoms with Crippen molar-refractivity contribution in [2.45, 2.75) is 31.8 Å². The third kappa shape index (κ3) is 4.25. The van der Waals surface area contributed by atoms with Crippen molar-refractivity contribution >= 4 is 11.7 Å². The molecule has 1 amide bonds. The van der Waals surface area contributed by atoms with Crippen LogP contribution in [0.5, 0.6) is 5.75 Å². The predicted molar refractivity (Wildman–Crippen MR) is 105 cm³/mol. The normalized spacial score (nSPS) is 21.9. The first-order valence-corrected chi connectivity index (χ1v) is 9.82. The molecule has 7 heteroatoms. The summed E-state index contributed by atoms with van der Waals surface area (Å²) in [6.07, 6.45) is 1.36. The van der Waals surface area contributed by atoms with Crippen LogP contribution in [0.3, 0.4) is 0 Å². The molecule has 0 radical (unpaired) electrons. The van der Waals surface area contributed by atoms with Crippen molar-refractivity contribution in [1.29, 1.82) is 0 Å². The number of rotatable bonds is 5. The summed E-state index contributed by atoms with van der Waals surface area (Å²) in [5, 5.41) is 9.56. The van der Waals surface area contributed by atoms with Crippen molar-refractivity contribution in [3.05, 3.63) is 47.9 Å². The molecular weight excluding hydrogens is 356 g/mol. The number of hydrogen-bond donors (Lipinski definition) is 1. The van der Waals surface area contributed by atoms with E-state index in [0.29, 0.717) is 24.8 Å². The highest BCUT2D eigenvalue weighted by Crippen LogP contribution is 2.36. The first-order valence-electron chi connectivity index (χ1n) is 9.82. The van der Waals surface area contributed by atoms with Gasteiger partial charge in [0.1, 0.15) is 17.4 Å². The Hall–Kier alpha value is -2.67. The van der Waals surface area contributed by atoms with Gasteiger partial charge in [0.15, 0.2) is 6.61 Å². The number of aliphatic hydroxyl groups is 1. The highest BCUT2D eigenvalue weighted by atomic mass is 16.5. The third-order valence-corrected chi connectivity index (χ3v) is 5.44. The molecule has 2 aliphatic rings. The molecule has 4 rings (SSSR count). The number of carbonyl (C=O) groups excluding carboxylic acids is 1. The van der Waals surface area contributed by atoms with E-state index in [4.69, 9.17) is 4.74 Å². The standard InChI is InChI=1S/C21H26N4O3/c1-15-22-19(16-11-17(26)12-16)13-20(23-15)24-7-9-25(10-8-24)21(27)14-28-18-5-3-2-4-6-18/h2-6,13,16-17,26H,7-12,14H2,1H3. The van der Waals surface area contributed by atoms with Gasteiger partial charge in [0, 0.05) is 43.9 Å². The number of aliphatic hydroxyl groups excluding tert-OH is 1. The van der Waals surface area contributed by atoms with Crippen LogP contribution in [0, 0.1) is 6.92 Å². The monoisotopic (exact) mass is 382 g/mol. The second-order valence-electron chi connectivity index (χ2n) is 7.49. The van der Waals surface area contributed by atoms with Gasteiger partial charge in [-0.1, -0.05) is 18.2 Å². The van der Waals surface area contributed by atoms with Gasteiger partial charge in [0.2, 0.25) is 0 Å². The molecule has 1 aromatic heterocycles. The first kappa shape index (κ1) is 18.7. The number of benzene rings is 1. The fourth-order valence-electron chi connectivity index (χ4n) is 3.71. The summed E-state index contributed by atoms with van der Waals surface area (Å²) in [5.41, 5.74) is 1.02. The Balaban J connectivity index is 1.32. The van der Waals surface area contributed by atoms with Crippen LogP contribution >= 0.6 is 0 Å². The summed E-state index contributed by atoms with van der Waals surface area (Å²) in [4.78, 5) is 25.6. The van der Waals surface area contributed by atoms with Crippen LogP contribution in [0.4, 0.5) is 5.82 Å². The zero-order valence-electron chi connectivity index (χ0n) is 16.1. The maximum absolute atomic E-state index is 12.4. The van der Waals surface area contributed by atoms with Crippen molar-refractivity contribution in [2.75, 3.05) is 37.7 Å². The maximum atomic E-state index is 12.4. The summed E-state index contributed by atoms with van der Waals surface area (Å²) in [6, 6.07) is 11.4. The average Bonchev–Trinajstić information content (AvgIpc) is 2.70. The number of para-hydroxylation sites is 1. The molecule has 0 spiro atoms. The minimum atomic E-state index is -0.198. The van der Waals surface area contributed by atoms with E-state index < -0.39 is 0 Å². The second-order valence-corrected chi connectivity index (χ2v) is 7.49. The molecule has 1 aliphatic heterocycles. The lowest BCUT2D eigenvalue weighted by Crippen LogP contribution is -2.50. The molecule has 2 aromatic rings. The van der Waals surface area contributed by atoms with Crippen LogP contribution in [-0.4, -0.2) is 64.8 Å². The van der Waals surface area contributed by atoms with Crippen molar-refractivity contribution in [2.24, 2.45) is 0 Å². The third-order valence-electron chi connectivity index (χ3n) is 5.44. The number of nitrogens with zero attached hydrogens (tertiary/aromatic N) is 4. The van der Waals surface area contributed by atoms with E-state index in [1.54, 1.807) is 0 Å². The van der Waals surface area contributed by atoms with Crippen LogP contribution in [0.25, 0.3) is 0 Å². The Morgan fingerprint density at radius 3 is 2.54 bits per heavy atom. The Morgan fingerprint density at radius 1 is 1.14 bits per heavy atom. The predicted octanol–water partition coefficient (Wildman–Crippen LogP) is 1.75. The Morgan fingerprint density at radius 2 is 1.86 bits per heavy atom. The fourth-order valence-corrected chi connectivity index (χ4v) is 3.71. The van der Waals surface area contributed by atoms with Crippen LogP contribution in [0.2, 0.25) is 0 Å². The van der Waals surface area contributed by atoms with Gasteiger partial charge in [0.25, 0.3) is 5.91 Å². The maximum Gasteiger partial charge on any atom is 0.260 e. The number of piperazine rings is 1. The van der Waals surface area contributed by atoms with Gasteiger partial charge in [-0.05, 0) is 31.9 Å². The van der Waals surface area contributed by atoms with Gasteiger partial charge in [-0.3, -0.25) is 4.79 Å². The second kappa shape index (κ2) is 8.14. The smallest absolute Gasteiger partial charge is 0.260 e. The molecule has 7 nitrogen and oxygen atoms in total. The molecule has 0 bridgehead atoms. The Bertz CT molecular complexity index is 816. The van der Waals surface area contributed by atoms with E-state index in [2.05, 4.69) is 14.9 Å². The largest absolute Gasteiger partial charge is 0.484 e. The van der Waals surface area contributed by atoms with Crippen molar-refractivity contribution in [3.63, 3.8) is 0 Å². The van der Waals surface area contributed by atoms with Gasteiger partial charge in [-0.2, -0.15) is 0 Å². The van der Waals surface area contributed by atoms with Gasteiger partial charge in [-0.15, -0.1) is 0 Å². The molecule has 148 valence electrons. The highest BCUT2D eigenvalue weighted by Gasteiger charge is 2.31. The van der Waals surface area contributed by atoms with Crippen molar-refractivity contribution < 1.29 is 14.6 Å². The molecule has 2 heterocycles. The minimum absolute atomic E-state index is 0.00603. The van der Waals surface area contributed by atoms with Crippen LogP contribution in [-0.2, 0) is 4.79 Å². The number of anilines is 1. The fraction of sp³-hybridized carbons (Fsp3) is 0.476. The lowest BCUT2D eigenvalue weighted by molar-refractivity contribution is -0.133. The Kier molecular flexibility index (Phi) is 5.43. The molecule has 1 saturated heterocycles.